The number of amides is 1. The SMILES string of the molecule is Cc1sc2ncnc(N3CCC(C(=O)Nc4ccccc4OC(F)(F)F)CC3)c2c1C. The number of benzene rings is 1. The minimum atomic E-state index is -4.83. The first-order chi connectivity index (χ1) is 14.7. The van der Waals surface area contributed by atoms with Gasteiger partial charge < -0.3 is 15.0 Å². The van der Waals surface area contributed by atoms with Gasteiger partial charge in [-0.1, -0.05) is 12.1 Å². The van der Waals surface area contributed by atoms with Gasteiger partial charge in [0.2, 0.25) is 5.91 Å². The number of halogens is 3. The lowest BCUT2D eigenvalue weighted by Gasteiger charge is -2.32. The highest BCUT2D eigenvalue weighted by Gasteiger charge is 2.33. The molecule has 1 N–H and O–H groups in total. The van der Waals surface area contributed by atoms with E-state index in [0.717, 1.165) is 21.6 Å². The van der Waals surface area contributed by atoms with Crippen LogP contribution in [0.15, 0.2) is 30.6 Å². The Kier molecular flexibility index (Phi) is 5.74. The van der Waals surface area contributed by atoms with Crippen molar-refractivity contribution < 1.29 is 22.7 Å². The van der Waals surface area contributed by atoms with Crippen LogP contribution >= 0.6 is 11.3 Å². The van der Waals surface area contributed by atoms with Crippen LogP contribution in [0.1, 0.15) is 23.3 Å². The summed E-state index contributed by atoms with van der Waals surface area (Å²) in [5.41, 5.74) is 1.17. The van der Waals surface area contributed by atoms with Crippen LogP contribution in [0, 0.1) is 19.8 Å². The predicted octanol–water partition coefficient (Wildman–Crippen LogP) is 5.06. The molecule has 0 radical (unpaired) electrons. The molecule has 1 amide bonds. The van der Waals surface area contributed by atoms with E-state index in [-0.39, 0.29) is 17.5 Å². The number of para-hydroxylation sites is 2. The van der Waals surface area contributed by atoms with Gasteiger partial charge >= 0.3 is 6.36 Å². The average molecular weight is 450 g/mol. The smallest absolute Gasteiger partial charge is 0.404 e. The van der Waals surface area contributed by atoms with Gasteiger partial charge in [-0.2, -0.15) is 0 Å². The summed E-state index contributed by atoms with van der Waals surface area (Å²) in [5.74, 6) is -0.173. The number of nitrogens with one attached hydrogen (secondary N) is 1. The minimum Gasteiger partial charge on any atom is -0.404 e. The third-order valence-corrected chi connectivity index (χ3v) is 6.60. The zero-order valence-corrected chi connectivity index (χ0v) is 17.8. The molecule has 164 valence electrons. The van der Waals surface area contributed by atoms with Crippen LogP contribution in [0.3, 0.4) is 0 Å². The van der Waals surface area contributed by atoms with Gasteiger partial charge in [-0.3, -0.25) is 4.79 Å². The zero-order chi connectivity index (χ0) is 22.2. The molecule has 31 heavy (non-hydrogen) atoms. The van der Waals surface area contributed by atoms with E-state index in [2.05, 4.69) is 38.8 Å². The van der Waals surface area contributed by atoms with Gasteiger partial charge in [0.25, 0.3) is 0 Å². The summed E-state index contributed by atoms with van der Waals surface area (Å²) >= 11 is 1.63. The van der Waals surface area contributed by atoms with Crippen molar-refractivity contribution in [2.24, 2.45) is 5.92 Å². The number of nitrogens with zero attached hydrogens (tertiary/aromatic N) is 3. The van der Waals surface area contributed by atoms with Crippen molar-refractivity contribution in [3.63, 3.8) is 0 Å². The van der Waals surface area contributed by atoms with Crippen molar-refractivity contribution in [2.45, 2.75) is 33.1 Å². The molecule has 2 aromatic heterocycles. The van der Waals surface area contributed by atoms with E-state index in [1.807, 2.05) is 0 Å². The van der Waals surface area contributed by atoms with Gasteiger partial charge in [-0.05, 0) is 44.4 Å². The highest BCUT2D eigenvalue weighted by atomic mass is 32.1. The van der Waals surface area contributed by atoms with Gasteiger partial charge in [-0.15, -0.1) is 24.5 Å². The Morgan fingerprint density at radius 1 is 1.19 bits per heavy atom. The Labute approximate surface area is 181 Å². The monoisotopic (exact) mass is 450 g/mol. The molecule has 1 fully saturated rings. The second-order valence-corrected chi connectivity index (χ2v) is 8.66. The standard InChI is InChI=1S/C21H21F3N4O2S/c1-12-13(2)31-20-17(12)18(25-11-26-20)28-9-7-14(8-10-28)19(29)27-15-5-3-4-6-16(15)30-21(22,23)24/h3-6,11,14H,7-10H2,1-2H3,(H,27,29). The molecule has 0 unspecified atom stereocenters. The van der Waals surface area contributed by atoms with E-state index in [1.54, 1.807) is 23.7 Å². The Hall–Kier alpha value is -2.88. The highest BCUT2D eigenvalue weighted by Crippen LogP contribution is 2.36. The third-order valence-electron chi connectivity index (χ3n) is 5.48. The number of alkyl halides is 3. The summed E-state index contributed by atoms with van der Waals surface area (Å²) in [7, 11) is 0. The summed E-state index contributed by atoms with van der Waals surface area (Å²) in [6, 6.07) is 5.55. The fourth-order valence-corrected chi connectivity index (χ4v) is 4.77. The summed E-state index contributed by atoms with van der Waals surface area (Å²) in [6.07, 6.45) is -2.12. The van der Waals surface area contributed by atoms with Gasteiger partial charge in [0, 0.05) is 23.9 Å². The average Bonchev–Trinajstić information content (AvgIpc) is 3.02. The van der Waals surface area contributed by atoms with E-state index in [1.165, 1.54) is 23.1 Å². The second kappa shape index (κ2) is 8.33. The molecule has 3 heterocycles. The number of aromatic nitrogens is 2. The molecule has 10 heteroatoms. The zero-order valence-electron chi connectivity index (χ0n) is 17.0. The van der Waals surface area contributed by atoms with Crippen molar-refractivity contribution in [3.8, 4) is 5.75 Å². The molecule has 1 saturated heterocycles. The number of hydrogen-bond donors (Lipinski definition) is 1. The normalized spacial score (nSPS) is 15.3. The fraction of sp³-hybridized carbons (Fsp3) is 0.381. The quantitative estimate of drug-likeness (QED) is 0.602. The van der Waals surface area contributed by atoms with Gasteiger partial charge in [0.1, 0.15) is 17.0 Å². The van der Waals surface area contributed by atoms with Crippen molar-refractivity contribution in [1.82, 2.24) is 9.97 Å². The number of piperidine rings is 1. The molecule has 0 atom stereocenters. The molecular formula is C21H21F3N4O2S. The van der Waals surface area contributed by atoms with Crippen LogP contribution in [0.5, 0.6) is 5.75 Å². The highest BCUT2D eigenvalue weighted by molar-refractivity contribution is 7.18. The summed E-state index contributed by atoms with van der Waals surface area (Å²) < 4.78 is 41.8. The molecule has 4 rings (SSSR count). The van der Waals surface area contributed by atoms with Gasteiger partial charge in [-0.25, -0.2) is 9.97 Å². The van der Waals surface area contributed by atoms with Crippen LogP contribution in [0.25, 0.3) is 10.2 Å². The lowest BCUT2D eigenvalue weighted by molar-refractivity contribution is -0.274. The Morgan fingerprint density at radius 2 is 1.90 bits per heavy atom. The number of thiophene rings is 1. The van der Waals surface area contributed by atoms with E-state index < -0.39 is 12.1 Å². The largest absolute Gasteiger partial charge is 0.573 e. The molecule has 0 spiro atoms. The molecule has 6 nitrogen and oxygen atoms in total. The first kappa shape index (κ1) is 21.4. The fourth-order valence-electron chi connectivity index (χ4n) is 3.78. The molecule has 3 aromatic rings. The predicted molar refractivity (Wildman–Crippen MR) is 114 cm³/mol. The molecular weight excluding hydrogens is 429 g/mol. The molecule has 0 aliphatic carbocycles. The number of rotatable bonds is 4. The minimum absolute atomic E-state index is 0.00846. The third kappa shape index (κ3) is 4.58. The molecule has 0 saturated carbocycles. The molecule has 1 aliphatic heterocycles. The lowest BCUT2D eigenvalue weighted by atomic mass is 9.95. The lowest BCUT2D eigenvalue weighted by Crippen LogP contribution is -2.38. The van der Waals surface area contributed by atoms with Crippen LogP contribution in [-0.4, -0.2) is 35.3 Å². The Bertz CT molecular complexity index is 1110. The first-order valence-electron chi connectivity index (χ1n) is 9.84. The maximum atomic E-state index is 12.7. The molecule has 1 aliphatic rings. The number of hydrogen-bond acceptors (Lipinski definition) is 6. The van der Waals surface area contributed by atoms with Gasteiger partial charge in [0.15, 0.2) is 5.75 Å². The number of carbonyl (C=O) groups is 1. The topological polar surface area (TPSA) is 67.4 Å². The van der Waals surface area contributed by atoms with E-state index in [4.69, 9.17) is 0 Å². The first-order valence-corrected chi connectivity index (χ1v) is 10.7. The van der Waals surface area contributed by atoms with Crippen LogP contribution in [0.2, 0.25) is 0 Å². The van der Waals surface area contributed by atoms with Crippen molar-refractivity contribution in [2.75, 3.05) is 23.3 Å². The summed E-state index contributed by atoms with van der Waals surface area (Å²) in [6.45, 7) is 5.36. The number of ether oxygens (including phenoxy) is 1. The van der Waals surface area contributed by atoms with Crippen LogP contribution in [-0.2, 0) is 4.79 Å². The van der Waals surface area contributed by atoms with Crippen LogP contribution in [0.4, 0.5) is 24.7 Å². The number of fused-ring (bicyclic) bond motifs is 1. The molecule has 1 aromatic carbocycles. The van der Waals surface area contributed by atoms with Crippen molar-refractivity contribution in [3.05, 3.63) is 41.0 Å². The van der Waals surface area contributed by atoms with Gasteiger partial charge in [0.05, 0.1) is 11.1 Å². The number of aryl methyl sites for hydroxylation is 2. The van der Waals surface area contributed by atoms with Crippen LogP contribution < -0.4 is 15.0 Å². The maximum Gasteiger partial charge on any atom is 0.573 e. The van der Waals surface area contributed by atoms with E-state index in [0.29, 0.717) is 25.9 Å². The summed E-state index contributed by atoms with van der Waals surface area (Å²) in [5, 5.41) is 3.64. The summed E-state index contributed by atoms with van der Waals surface area (Å²) in [4.78, 5) is 25.9. The number of anilines is 2. The second-order valence-electron chi connectivity index (χ2n) is 7.46. The Morgan fingerprint density at radius 3 is 2.61 bits per heavy atom. The van der Waals surface area contributed by atoms with E-state index >= 15 is 0 Å². The molecule has 0 bridgehead atoms. The maximum absolute atomic E-state index is 12.7. The Balaban J connectivity index is 1.44. The number of carbonyl (C=O) groups excluding carboxylic acids is 1. The van der Waals surface area contributed by atoms with Crippen molar-refractivity contribution >= 4 is 39.0 Å². The van der Waals surface area contributed by atoms with E-state index in [9.17, 15) is 18.0 Å². The van der Waals surface area contributed by atoms with Crippen molar-refractivity contribution in [1.29, 1.82) is 0 Å².